The average molecular weight is 278 g/mol. The summed E-state index contributed by atoms with van der Waals surface area (Å²) in [4.78, 5) is 0. The number of hydrogen-bond acceptors (Lipinski definition) is 2. The standard InChI is InChI=1S/C19H18O2/c20-18(15-7-2-1-3-8-15)13-11-17-16-9-5-4-6-14(16)10-12-19(17)21/h1-10,12,18,20-21H,11,13H2. The second-order valence-corrected chi connectivity index (χ2v) is 5.25. The third-order valence-electron chi connectivity index (χ3n) is 3.87. The molecule has 0 amide bonds. The second-order valence-electron chi connectivity index (χ2n) is 5.25. The van der Waals surface area contributed by atoms with Crippen molar-refractivity contribution >= 4 is 10.8 Å². The van der Waals surface area contributed by atoms with E-state index in [4.69, 9.17) is 0 Å². The van der Waals surface area contributed by atoms with Gasteiger partial charge >= 0.3 is 0 Å². The van der Waals surface area contributed by atoms with E-state index in [1.165, 1.54) is 0 Å². The molecule has 1 unspecified atom stereocenters. The van der Waals surface area contributed by atoms with Crippen molar-refractivity contribution in [3.05, 3.63) is 77.9 Å². The molecule has 0 bridgehead atoms. The van der Waals surface area contributed by atoms with E-state index in [9.17, 15) is 10.2 Å². The summed E-state index contributed by atoms with van der Waals surface area (Å²) in [6, 6.07) is 21.3. The van der Waals surface area contributed by atoms with Crippen molar-refractivity contribution in [2.75, 3.05) is 0 Å². The Labute approximate surface area is 124 Å². The Bertz CT molecular complexity index is 735. The fourth-order valence-electron chi connectivity index (χ4n) is 2.71. The van der Waals surface area contributed by atoms with Crippen molar-refractivity contribution < 1.29 is 10.2 Å². The first-order valence-electron chi connectivity index (χ1n) is 7.18. The summed E-state index contributed by atoms with van der Waals surface area (Å²) in [5.74, 6) is 0.300. The normalized spacial score (nSPS) is 12.4. The minimum atomic E-state index is -0.510. The summed E-state index contributed by atoms with van der Waals surface area (Å²) in [5.41, 5.74) is 1.82. The highest BCUT2D eigenvalue weighted by Gasteiger charge is 2.11. The number of aromatic hydroxyl groups is 1. The van der Waals surface area contributed by atoms with E-state index >= 15 is 0 Å². The highest BCUT2D eigenvalue weighted by Crippen LogP contribution is 2.30. The number of aryl methyl sites for hydroxylation is 1. The smallest absolute Gasteiger partial charge is 0.119 e. The quantitative estimate of drug-likeness (QED) is 0.750. The van der Waals surface area contributed by atoms with Gasteiger partial charge in [-0.05, 0) is 35.2 Å². The SMILES string of the molecule is Oc1ccc2ccccc2c1CCC(O)c1ccccc1. The number of fused-ring (bicyclic) bond motifs is 1. The van der Waals surface area contributed by atoms with Gasteiger partial charge in [-0.1, -0.05) is 60.7 Å². The molecule has 0 aliphatic rings. The first-order valence-corrected chi connectivity index (χ1v) is 7.18. The Hall–Kier alpha value is -2.32. The fraction of sp³-hybridized carbons (Fsp3) is 0.158. The van der Waals surface area contributed by atoms with Crippen molar-refractivity contribution in [1.82, 2.24) is 0 Å². The molecule has 3 aromatic carbocycles. The van der Waals surface area contributed by atoms with Gasteiger partial charge in [-0.3, -0.25) is 0 Å². The lowest BCUT2D eigenvalue weighted by atomic mass is 9.96. The molecule has 0 aromatic heterocycles. The van der Waals surface area contributed by atoms with Crippen molar-refractivity contribution in [2.45, 2.75) is 18.9 Å². The monoisotopic (exact) mass is 278 g/mol. The van der Waals surface area contributed by atoms with E-state index in [1.54, 1.807) is 6.07 Å². The number of phenols is 1. The zero-order valence-corrected chi connectivity index (χ0v) is 11.7. The molecule has 2 heteroatoms. The van der Waals surface area contributed by atoms with Crippen LogP contribution in [0.1, 0.15) is 23.7 Å². The summed E-state index contributed by atoms with van der Waals surface area (Å²) in [7, 11) is 0. The number of aliphatic hydroxyl groups excluding tert-OH is 1. The minimum Gasteiger partial charge on any atom is -0.508 e. The molecule has 0 aliphatic carbocycles. The van der Waals surface area contributed by atoms with Gasteiger partial charge in [0.25, 0.3) is 0 Å². The molecule has 0 heterocycles. The van der Waals surface area contributed by atoms with Crippen molar-refractivity contribution in [2.24, 2.45) is 0 Å². The molecule has 2 nitrogen and oxygen atoms in total. The van der Waals surface area contributed by atoms with Crippen LogP contribution in [0.15, 0.2) is 66.7 Å². The van der Waals surface area contributed by atoms with E-state index in [-0.39, 0.29) is 0 Å². The largest absolute Gasteiger partial charge is 0.508 e. The maximum atomic E-state index is 10.3. The number of aliphatic hydroxyl groups is 1. The molecular formula is C19H18O2. The van der Waals surface area contributed by atoms with Crippen LogP contribution in [0.5, 0.6) is 5.75 Å². The lowest BCUT2D eigenvalue weighted by Crippen LogP contribution is -2.00. The summed E-state index contributed by atoms with van der Waals surface area (Å²) in [5, 5.41) is 22.5. The van der Waals surface area contributed by atoms with Crippen LogP contribution < -0.4 is 0 Å². The molecule has 3 aromatic rings. The molecule has 21 heavy (non-hydrogen) atoms. The van der Waals surface area contributed by atoms with Crippen molar-refractivity contribution in [3.8, 4) is 5.75 Å². The molecule has 0 aliphatic heterocycles. The molecule has 2 N–H and O–H groups in total. The van der Waals surface area contributed by atoms with Gasteiger partial charge in [0, 0.05) is 5.56 Å². The highest BCUT2D eigenvalue weighted by atomic mass is 16.3. The van der Waals surface area contributed by atoms with Gasteiger partial charge in [0.15, 0.2) is 0 Å². The first-order chi connectivity index (χ1) is 10.3. The number of phenolic OH excluding ortho intramolecular Hbond substituents is 1. The predicted molar refractivity (Wildman–Crippen MR) is 85.3 cm³/mol. The minimum absolute atomic E-state index is 0.300. The van der Waals surface area contributed by atoms with Gasteiger partial charge < -0.3 is 10.2 Å². The third-order valence-corrected chi connectivity index (χ3v) is 3.87. The zero-order valence-electron chi connectivity index (χ0n) is 11.7. The van der Waals surface area contributed by atoms with Crippen LogP contribution in [0.3, 0.4) is 0 Å². The van der Waals surface area contributed by atoms with Crippen molar-refractivity contribution in [3.63, 3.8) is 0 Å². The second kappa shape index (κ2) is 5.98. The fourth-order valence-corrected chi connectivity index (χ4v) is 2.71. The molecular weight excluding hydrogens is 260 g/mol. The molecule has 0 radical (unpaired) electrons. The Kier molecular flexibility index (Phi) is 3.89. The molecule has 0 fully saturated rings. The predicted octanol–water partition coefficient (Wildman–Crippen LogP) is 4.21. The first kappa shape index (κ1) is 13.7. The Morgan fingerprint density at radius 1 is 0.810 bits per heavy atom. The van der Waals surface area contributed by atoms with Crippen LogP contribution in [0.25, 0.3) is 10.8 Å². The van der Waals surface area contributed by atoms with E-state index in [0.717, 1.165) is 21.9 Å². The summed E-state index contributed by atoms with van der Waals surface area (Å²) in [6.07, 6.45) is 0.721. The Balaban J connectivity index is 1.84. The molecule has 0 spiro atoms. The molecule has 106 valence electrons. The number of hydrogen-bond donors (Lipinski definition) is 2. The van der Waals surface area contributed by atoms with Crippen LogP contribution in [-0.4, -0.2) is 10.2 Å². The summed E-state index contributed by atoms with van der Waals surface area (Å²) < 4.78 is 0. The Morgan fingerprint density at radius 3 is 2.33 bits per heavy atom. The summed E-state index contributed by atoms with van der Waals surface area (Å²) in [6.45, 7) is 0. The number of rotatable bonds is 4. The van der Waals surface area contributed by atoms with E-state index in [0.29, 0.717) is 18.6 Å². The van der Waals surface area contributed by atoms with Gasteiger partial charge in [-0.25, -0.2) is 0 Å². The lowest BCUT2D eigenvalue weighted by molar-refractivity contribution is 0.167. The van der Waals surface area contributed by atoms with Gasteiger partial charge in [0.2, 0.25) is 0 Å². The number of benzene rings is 3. The van der Waals surface area contributed by atoms with Crippen LogP contribution in [0.2, 0.25) is 0 Å². The lowest BCUT2D eigenvalue weighted by Gasteiger charge is -2.13. The molecule has 3 rings (SSSR count). The molecule has 0 saturated heterocycles. The van der Waals surface area contributed by atoms with Crippen LogP contribution >= 0.6 is 0 Å². The highest BCUT2D eigenvalue weighted by molar-refractivity contribution is 5.87. The van der Waals surface area contributed by atoms with E-state index in [2.05, 4.69) is 0 Å². The van der Waals surface area contributed by atoms with Gasteiger partial charge in [-0.2, -0.15) is 0 Å². The third kappa shape index (κ3) is 2.91. The van der Waals surface area contributed by atoms with Gasteiger partial charge in [0.1, 0.15) is 5.75 Å². The van der Waals surface area contributed by atoms with Crippen LogP contribution in [0.4, 0.5) is 0 Å². The Morgan fingerprint density at radius 2 is 1.52 bits per heavy atom. The molecule has 1 atom stereocenters. The van der Waals surface area contributed by atoms with Crippen LogP contribution in [0, 0.1) is 0 Å². The topological polar surface area (TPSA) is 40.5 Å². The maximum Gasteiger partial charge on any atom is 0.119 e. The van der Waals surface area contributed by atoms with Crippen LogP contribution in [-0.2, 0) is 6.42 Å². The average Bonchev–Trinajstić information content (AvgIpc) is 2.54. The van der Waals surface area contributed by atoms with Gasteiger partial charge in [-0.15, -0.1) is 0 Å². The van der Waals surface area contributed by atoms with Gasteiger partial charge in [0.05, 0.1) is 6.10 Å². The van der Waals surface area contributed by atoms with Crippen molar-refractivity contribution in [1.29, 1.82) is 0 Å². The van der Waals surface area contributed by atoms with E-state index in [1.807, 2.05) is 60.7 Å². The summed E-state index contributed by atoms with van der Waals surface area (Å²) >= 11 is 0. The molecule has 0 saturated carbocycles. The van der Waals surface area contributed by atoms with E-state index < -0.39 is 6.10 Å². The zero-order chi connectivity index (χ0) is 14.7. The maximum absolute atomic E-state index is 10.3.